The minimum atomic E-state index is -0.0871. The number of nitrogens with zero attached hydrogens (tertiary/aromatic N) is 3. The van der Waals surface area contributed by atoms with Crippen LogP contribution < -0.4 is 0 Å². The summed E-state index contributed by atoms with van der Waals surface area (Å²) in [5.41, 5.74) is 0.788. The molecule has 1 saturated heterocycles. The molecule has 0 bridgehead atoms. The van der Waals surface area contributed by atoms with Gasteiger partial charge in [0.25, 0.3) is 5.91 Å². The van der Waals surface area contributed by atoms with Crippen LogP contribution in [0, 0.1) is 0 Å². The van der Waals surface area contributed by atoms with Crippen molar-refractivity contribution in [3.63, 3.8) is 0 Å². The lowest BCUT2D eigenvalue weighted by Gasteiger charge is -2.15. The summed E-state index contributed by atoms with van der Waals surface area (Å²) in [6.45, 7) is 1.38. The number of carbonyl (C=O) groups excluding carboxylic acids is 1. The van der Waals surface area contributed by atoms with Gasteiger partial charge in [0.1, 0.15) is 5.76 Å². The van der Waals surface area contributed by atoms with E-state index in [1.807, 2.05) is 33.9 Å². The zero-order chi connectivity index (χ0) is 16.5. The predicted molar refractivity (Wildman–Crippen MR) is 90.9 cm³/mol. The molecule has 5 nitrogen and oxygen atoms in total. The number of furan rings is 1. The van der Waals surface area contributed by atoms with Crippen LogP contribution >= 0.6 is 11.6 Å². The highest BCUT2D eigenvalue weighted by Gasteiger charge is 2.29. The Bertz CT molecular complexity index is 857. The van der Waals surface area contributed by atoms with Gasteiger partial charge in [-0.05, 0) is 30.7 Å². The number of hydrogen-bond donors (Lipinski definition) is 0. The van der Waals surface area contributed by atoms with E-state index in [0.717, 1.165) is 12.0 Å². The average molecular weight is 342 g/mol. The van der Waals surface area contributed by atoms with E-state index < -0.39 is 0 Å². The first kappa shape index (κ1) is 15.0. The second kappa shape index (κ2) is 6.17. The van der Waals surface area contributed by atoms with Gasteiger partial charge in [0.05, 0.1) is 17.4 Å². The first-order valence-corrected chi connectivity index (χ1v) is 8.21. The maximum absolute atomic E-state index is 12.7. The first-order chi connectivity index (χ1) is 11.7. The van der Waals surface area contributed by atoms with Crippen LogP contribution in [-0.4, -0.2) is 33.4 Å². The molecule has 0 N–H and O–H groups in total. The van der Waals surface area contributed by atoms with Gasteiger partial charge in [-0.15, -0.1) is 0 Å². The zero-order valence-electron chi connectivity index (χ0n) is 12.9. The van der Waals surface area contributed by atoms with E-state index in [9.17, 15) is 4.79 Å². The van der Waals surface area contributed by atoms with Crippen molar-refractivity contribution in [2.24, 2.45) is 0 Å². The predicted octanol–water partition coefficient (Wildman–Crippen LogP) is 3.88. The van der Waals surface area contributed by atoms with Crippen molar-refractivity contribution in [1.82, 2.24) is 14.5 Å². The van der Waals surface area contributed by atoms with Gasteiger partial charge < -0.3 is 13.9 Å². The van der Waals surface area contributed by atoms with Crippen molar-refractivity contribution in [2.75, 3.05) is 13.1 Å². The lowest BCUT2D eigenvalue weighted by atomic mass is 10.2. The molecule has 0 radical (unpaired) electrons. The van der Waals surface area contributed by atoms with Gasteiger partial charge in [0, 0.05) is 31.0 Å². The second-order valence-corrected chi connectivity index (χ2v) is 6.25. The van der Waals surface area contributed by atoms with E-state index >= 15 is 0 Å². The Kier molecular flexibility index (Phi) is 3.86. The topological polar surface area (TPSA) is 51.3 Å². The smallest absolute Gasteiger partial charge is 0.289 e. The highest BCUT2D eigenvalue weighted by Crippen LogP contribution is 2.30. The summed E-state index contributed by atoms with van der Waals surface area (Å²) in [6.07, 6.45) is 6.40. The molecule has 0 aliphatic carbocycles. The van der Waals surface area contributed by atoms with Crippen LogP contribution in [0.3, 0.4) is 0 Å². The molecule has 0 saturated carbocycles. The molecule has 1 atom stereocenters. The first-order valence-electron chi connectivity index (χ1n) is 7.84. The fourth-order valence-electron chi connectivity index (χ4n) is 3.07. The second-order valence-electron chi connectivity index (χ2n) is 5.85. The molecule has 1 aliphatic rings. The molecular weight excluding hydrogens is 326 g/mol. The van der Waals surface area contributed by atoms with Crippen molar-refractivity contribution in [3.05, 3.63) is 65.9 Å². The number of hydrogen-bond acceptors (Lipinski definition) is 3. The Labute approximate surface area is 144 Å². The van der Waals surface area contributed by atoms with Crippen LogP contribution in [0.1, 0.15) is 23.0 Å². The number of likely N-dealkylation sites (tertiary alicyclic amines) is 1. The molecule has 6 heteroatoms. The molecule has 3 aromatic rings. The molecular formula is C18H16ClN3O2. The van der Waals surface area contributed by atoms with E-state index in [0.29, 0.717) is 29.6 Å². The number of rotatable bonds is 3. The Balaban J connectivity index is 1.51. The molecule has 1 amide bonds. The molecule has 2 aromatic heterocycles. The van der Waals surface area contributed by atoms with Crippen molar-refractivity contribution < 1.29 is 9.21 Å². The van der Waals surface area contributed by atoms with Gasteiger partial charge in [0.15, 0.2) is 5.76 Å². The largest absolute Gasteiger partial charge is 0.451 e. The summed E-state index contributed by atoms with van der Waals surface area (Å²) in [7, 11) is 0. The highest BCUT2D eigenvalue weighted by atomic mass is 35.5. The third kappa shape index (κ3) is 2.71. The van der Waals surface area contributed by atoms with Crippen LogP contribution in [0.2, 0.25) is 5.02 Å². The molecule has 122 valence electrons. The SMILES string of the molecule is O=C(c1ccc(-c2ccccc2Cl)o1)N1CC[C@H](n2ccnc2)C1. The molecule has 1 aromatic carbocycles. The summed E-state index contributed by atoms with van der Waals surface area (Å²) >= 11 is 6.19. The van der Waals surface area contributed by atoms with Crippen molar-refractivity contribution in [3.8, 4) is 11.3 Å². The maximum Gasteiger partial charge on any atom is 0.289 e. The van der Waals surface area contributed by atoms with E-state index in [4.69, 9.17) is 16.0 Å². The minimum absolute atomic E-state index is 0.0871. The number of benzene rings is 1. The maximum atomic E-state index is 12.7. The van der Waals surface area contributed by atoms with Crippen LogP contribution in [0.15, 0.2) is 59.5 Å². The molecule has 1 aliphatic heterocycles. The van der Waals surface area contributed by atoms with E-state index in [1.165, 1.54) is 0 Å². The Morgan fingerprint density at radius 3 is 2.92 bits per heavy atom. The summed E-state index contributed by atoms with van der Waals surface area (Å²) in [5, 5.41) is 0.604. The molecule has 0 spiro atoms. The van der Waals surface area contributed by atoms with Crippen molar-refractivity contribution in [2.45, 2.75) is 12.5 Å². The van der Waals surface area contributed by atoms with E-state index in [-0.39, 0.29) is 11.9 Å². The molecule has 24 heavy (non-hydrogen) atoms. The van der Waals surface area contributed by atoms with E-state index in [1.54, 1.807) is 30.7 Å². The lowest BCUT2D eigenvalue weighted by Crippen LogP contribution is -2.28. The number of halogens is 1. The van der Waals surface area contributed by atoms with Crippen LogP contribution in [0.4, 0.5) is 0 Å². The quantitative estimate of drug-likeness (QED) is 0.726. The van der Waals surface area contributed by atoms with Gasteiger partial charge in [-0.2, -0.15) is 0 Å². The standard InChI is InChI=1S/C18H16ClN3O2/c19-15-4-2-1-3-14(15)16-5-6-17(24-16)18(23)21-9-7-13(11-21)22-10-8-20-12-22/h1-6,8,10,12-13H,7,9,11H2/t13-/m0/s1. The Morgan fingerprint density at radius 1 is 1.25 bits per heavy atom. The normalized spacial score (nSPS) is 17.4. The third-order valence-corrected chi connectivity index (χ3v) is 4.68. The summed E-state index contributed by atoms with van der Waals surface area (Å²) in [4.78, 5) is 18.6. The number of aromatic nitrogens is 2. The van der Waals surface area contributed by atoms with E-state index in [2.05, 4.69) is 4.98 Å². The molecule has 1 fully saturated rings. The Morgan fingerprint density at radius 2 is 2.12 bits per heavy atom. The van der Waals surface area contributed by atoms with Gasteiger partial charge in [-0.3, -0.25) is 4.79 Å². The summed E-state index contributed by atoms with van der Waals surface area (Å²) in [6, 6.07) is 11.2. The zero-order valence-corrected chi connectivity index (χ0v) is 13.7. The van der Waals surface area contributed by atoms with Crippen LogP contribution in [0.5, 0.6) is 0 Å². The fraction of sp³-hybridized carbons (Fsp3) is 0.222. The number of carbonyl (C=O) groups is 1. The molecule has 0 unspecified atom stereocenters. The van der Waals surface area contributed by atoms with Crippen LogP contribution in [0.25, 0.3) is 11.3 Å². The fourth-order valence-corrected chi connectivity index (χ4v) is 3.30. The van der Waals surface area contributed by atoms with Crippen molar-refractivity contribution >= 4 is 17.5 Å². The van der Waals surface area contributed by atoms with Gasteiger partial charge in [-0.25, -0.2) is 4.98 Å². The van der Waals surface area contributed by atoms with Gasteiger partial charge in [-0.1, -0.05) is 23.7 Å². The number of imidazole rings is 1. The molecule has 3 heterocycles. The monoisotopic (exact) mass is 341 g/mol. The summed E-state index contributed by atoms with van der Waals surface area (Å²) in [5.74, 6) is 0.862. The third-order valence-electron chi connectivity index (χ3n) is 4.35. The summed E-state index contributed by atoms with van der Waals surface area (Å²) < 4.78 is 7.80. The lowest BCUT2D eigenvalue weighted by molar-refractivity contribution is 0.0757. The van der Waals surface area contributed by atoms with Gasteiger partial charge in [0.2, 0.25) is 0 Å². The van der Waals surface area contributed by atoms with Crippen LogP contribution in [-0.2, 0) is 0 Å². The highest BCUT2D eigenvalue weighted by molar-refractivity contribution is 6.33. The minimum Gasteiger partial charge on any atom is -0.451 e. The van der Waals surface area contributed by atoms with Gasteiger partial charge >= 0.3 is 0 Å². The molecule has 4 rings (SSSR count). The Hall–Kier alpha value is -2.53. The van der Waals surface area contributed by atoms with Crippen molar-refractivity contribution in [1.29, 1.82) is 0 Å². The average Bonchev–Trinajstić information content (AvgIpc) is 3.34. The number of amides is 1.